The summed E-state index contributed by atoms with van der Waals surface area (Å²) in [5.74, 6) is 0.979. The van der Waals surface area contributed by atoms with Crippen LogP contribution in [0.5, 0.6) is 0 Å². The van der Waals surface area contributed by atoms with Crippen LogP contribution in [-0.2, 0) is 0 Å². The fourth-order valence-electron chi connectivity index (χ4n) is 2.11. The van der Waals surface area contributed by atoms with Crippen LogP contribution >= 0.6 is 0 Å². The molecule has 0 fully saturated rings. The maximum absolute atomic E-state index is 4.27. The minimum atomic E-state index is 0.220. The van der Waals surface area contributed by atoms with Crippen molar-refractivity contribution in [1.29, 1.82) is 0 Å². The summed E-state index contributed by atoms with van der Waals surface area (Å²) >= 11 is 0. The van der Waals surface area contributed by atoms with Crippen LogP contribution in [-0.4, -0.2) is 20.6 Å². The summed E-state index contributed by atoms with van der Waals surface area (Å²) in [7, 11) is 0. The summed E-state index contributed by atoms with van der Waals surface area (Å²) in [6, 6.07) is 6.72. The van der Waals surface area contributed by atoms with Crippen LogP contribution in [0, 0.1) is 0 Å². The van der Waals surface area contributed by atoms with Gasteiger partial charge in [0.1, 0.15) is 0 Å². The first-order valence-corrected chi connectivity index (χ1v) is 6.32. The maximum atomic E-state index is 4.27. The fraction of sp³-hybridized carbons (Fsp3) is 0.538. The number of nitrogens with zero attached hydrogens (tertiary/aromatic N) is 3. The molecular formula is C13H20N4. The molecule has 4 heteroatoms. The molecule has 17 heavy (non-hydrogen) atoms. The molecular weight excluding hydrogens is 212 g/mol. The Bertz CT molecular complexity index is 473. The average Bonchev–Trinajstić information content (AvgIpc) is 2.79. The first kappa shape index (κ1) is 12.0. The molecule has 0 aliphatic rings. The Balaban J connectivity index is 2.21. The molecule has 0 aromatic carbocycles. The van der Waals surface area contributed by atoms with E-state index in [2.05, 4.69) is 36.3 Å². The molecule has 0 bridgehead atoms. The Morgan fingerprint density at radius 2 is 2.00 bits per heavy atom. The number of hydrogen-bond donors (Lipinski definition) is 1. The molecule has 0 saturated heterocycles. The van der Waals surface area contributed by atoms with E-state index >= 15 is 0 Å². The van der Waals surface area contributed by atoms with Crippen molar-refractivity contribution in [1.82, 2.24) is 19.9 Å². The second kappa shape index (κ2) is 5.27. The highest BCUT2D eigenvalue weighted by Gasteiger charge is 2.15. The SMILES string of the molecule is CCC(CC)N[C@@H](C)c1nnc2ccccn12. The monoisotopic (exact) mass is 232 g/mol. The number of aromatic nitrogens is 3. The molecule has 92 valence electrons. The van der Waals surface area contributed by atoms with E-state index in [1.807, 2.05) is 28.8 Å². The van der Waals surface area contributed by atoms with Crippen LogP contribution in [0.15, 0.2) is 24.4 Å². The molecule has 0 amide bonds. The Morgan fingerprint density at radius 1 is 1.24 bits per heavy atom. The van der Waals surface area contributed by atoms with Gasteiger partial charge in [0, 0.05) is 12.2 Å². The Labute approximate surface area is 102 Å². The quantitative estimate of drug-likeness (QED) is 0.861. The van der Waals surface area contributed by atoms with Gasteiger partial charge >= 0.3 is 0 Å². The predicted octanol–water partition coefficient (Wildman–Crippen LogP) is 2.57. The van der Waals surface area contributed by atoms with Crippen LogP contribution in [0.2, 0.25) is 0 Å². The molecule has 4 nitrogen and oxygen atoms in total. The summed E-state index contributed by atoms with van der Waals surface area (Å²) in [5, 5.41) is 12.0. The largest absolute Gasteiger partial charge is 0.305 e. The zero-order valence-corrected chi connectivity index (χ0v) is 10.7. The van der Waals surface area contributed by atoms with Gasteiger partial charge in [-0.25, -0.2) is 0 Å². The summed E-state index contributed by atoms with van der Waals surface area (Å²) < 4.78 is 2.04. The van der Waals surface area contributed by atoms with Crippen molar-refractivity contribution in [3.63, 3.8) is 0 Å². The smallest absolute Gasteiger partial charge is 0.160 e. The molecule has 0 aliphatic heterocycles. The molecule has 0 unspecified atom stereocenters. The molecule has 0 spiro atoms. The Kier molecular flexibility index (Phi) is 3.74. The van der Waals surface area contributed by atoms with Crippen LogP contribution in [0.1, 0.15) is 45.5 Å². The van der Waals surface area contributed by atoms with Gasteiger partial charge in [-0.1, -0.05) is 19.9 Å². The van der Waals surface area contributed by atoms with Crippen molar-refractivity contribution in [3.05, 3.63) is 30.2 Å². The predicted molar refractivity (Wildman–Crippen MR) is 68.9 cm³/mol. The highest BCUT2D eigenvalue weighted by atomic mass is 15.3. The Morgan fingerprint density at radius 3 is 2.71 bits per heavy atom. The zero-order chi connectivity index (χ0) is 12.3. The fourth-order valence-corrected chi connectivity index (χ4v) is 2.11. The molecule has 2 aromatic rings. The van der Waals surface area contributed by atoms with Crippen LogP contribution in [0.3, 0.4) is 0 Å². The van der Waals surface area contributed by atoms with Gasteiger partial charge < -0.3 is 5.32 Å². The van der Waals surface area contributed by atoms with Gasteiger partial charge in [0.2, 0.25) is 0 Å². The molecule has 2 heterocycles. The number of rotatable bonds is 5. The van der Waals surface area contributed by atoms with E-state index in [1.54, 1.807) is 0 Å². The number of hydrogen-bond acceptors (Lipinski definition) is 3. The molecule has 2 aromatic heterocycles. The third-order valence-corrected chi connectivity index (χ3v) is 3.20. The number of pyridine rings is 1. The van der Waals surface area contributed by atoms with E-state index < -0.39 is 0 Å². The lowest BCUT2D eigenvalue weighted by molar-refractivity contribution is 0.419. The van der Waals surface area contributed by atoms with Gasteiger partial charge in [0.05, 0.1) is 6.04 Å². The van der Waals surface area contributed by atoms with E-state index in [0.29, 0.717) is 6.04 Å². The second-order valence-electron chi connectivity index (χ2n) is 4.39. The Hall–Kier alpha value is -1.42. The first-order chi connectivity index (χ1) is 8.26. The molecule has 1 atom stereocenters. The van der Waals surface area contributed by atoms with Crippen LogP contribution in [0.25, 0.3) is 5.65 Å². The van der Waals surface area contributed by atoms with Gasteiger partial charge in [0.15, 0.2) is 11.5 Å². The van der Waals surface area contributed by atoms with Gasteiger partial charge in [-0.3, -0.25) is 4.40 Å². The van der Waals surface area contributed by atoms with E-state index in [1.165, 1.54) is 0 Å². The average molecular weight is 232 g/mol. The first-order valence-electron chi connectivity index (χ1n) is 6.32. The lowest BCUT2D eigenvalue weighted by atomic mass is 10.1. The van der Waals surface area contributed by atoms with Gasteiger partial charge in [-0.05, 0) is 31.9 Å². The molecule has 0 saturated carbocycles. The van der Waals surface area contributed by atoms with E-state index in [4.69, 9.17) is 0 Å². The summed E-state index contributed by atoms with van der Waals surface area (Å²) in [5.41, 5.74) is 0.903. The standard InChI is InChI=1S/C13H20N4/c1-4-11(5-2)14-10(3)13-16-15-12-8-6-7-9-17(12)13/h6-11,14H,4-5H2,1-3H3/t10-/m0/s1. The van der Waals surface area contributed by atoms with Crippen molar-refractivity contribution in [2.45, 2.75) is 45.7 Å². The lowest BCUT2D eigenvalue weighted by Gasteiger charge is -2.19. The zero-order valence-electron chi connectivity index (χ0n) is 10.7. The topological polar surface area (TPSA) is 42.2 Å². The van der Waals surface area contributed by atoms with Crippen LogP contribution < -0.4 is 5.32 Å². The van der Waals surface area contributed by atoms with Crippen molar-refractivity contribution < 1.29 is 0 Å². The summed E-state index contributed by atoms with van der Waals surface area (Å²) in [6.07, 6.45) is 4.28. The summed E-state index contributed by atoms with van der Waals surface area (Å²) in [6.45, 7) is 6.55. The maximum Gasteiger partial charge on any atom is 0.160 e. The molecule has 1 N–H and O–H groups in total. The molecule has 0 aliphatic carbocycles. The minimum absolute atomic E-state index is 0.220. The van der Waals surface area contributed by atoms with Gasteiger partial charge in [-0.15, -0.1) is 10.2 Å². The van der Waals surface area contributed by atoms with Crippen molar-refractivity contribution in [2.24, 2.45) is 0 Å². The van der Waals surface area contributed by atoms with Crippen LogP contribution in [0.4, 0.5) is 0 Å². The highest BCUT2D eigenvalue weighted by molar-refractivity contribution is 5.37. The number of fused-ring (bicyclic) bond motifs is 1. The van der Waals surface area contributed by atoms with E-state index in [0.717, 1.165) is 24.3 Å². The van der Waals surface area contributed by atoms with Gasteiger partial charge in [0.25, 0.3) is 0 Å². The summed E-state index contributed by atoms with van der Waals surface area (Å²) in [4.78, 5) is 0. The lowest BCUT2D eigenvalue weighted by Crippen LogP contribution is -2.31. The minimum Gasteiger partial charge on any atom is -0.305 e. The third kappa shape index (κ3) is 2.47. The number of nitrogens with one attached hydrogen (secondary N) is 1. The third-order valence-electron chi connectivity index (χ3n) is 3.20. The highest BCUT2D eigenvalue weighted by Crippen LogP contribution is 2.13. The second-order valence-corrected chi connectivity index (χ2v) is 4.39. The normalized spacial score (nSPS) is 13.4. The van der Waals surface area contributed by atoms with E-state index in [9.17, 15) is 0 Å². The molecule has 2 rings (SSSR count). The molecule has 0 radical (unpaired) electrons. The van der Waals surface area contributed by atoms with Crippen molar-refractivity contribution in [2.75, 3.05) is 0 Å². The van der Waals surface area contributed by atoms with E-state index in [-0.39, 0.29) is 6.04 Å². The van der Waals surface area contributed by atoms with Gasteiger partial charge in [-0.2, -0.15) is 0 Å². The van der Waals surface area contributed by atoms with Crippen molar-refractivity contribution >= 4 is 5.65 Å². The van der Waals surface area contributed by atoms with Crippen molar-refractivity contribution in [3.8, 4) is 0 Å².